The standard InChI is InChI=1S/C22H22ClNO4S/c1-28-21(25)20(29(26,27)16-8-6-15(23)7-9-16)18-14-22(10-12-24-13-11-22)19-5-3-2-4-17(18)19/h2-9,14,20,24H,10-13H2,1H3/t20-/m1/s1. The van der Waals surface area contributed by atoms with Crippen LogP contribution in [0.5, 0.6) is 0 Å². The molecule has 7 heteroatoms. The summed E-state index contributed by atoms with van der Waals surface area (Å²) in [6.07, 6.45) is 3.69. The first-order chi connectivity index (χ1) is 13.9. The smallest absolute Gasteiger partial charge is 0.329 e. The summed E-state index contributed by atoms with van der Waals surface area (Å²) in [5.41, 5.74) is 2.13. The maximum Gasteiger partial charge on any atom is 0.329 e. The molecule has 0 saturated carbocycles. The van der Waals surface area contributed by atoms with Crippen LogP contribution in [0, 0.1) is 0 Å². The fraction of sp³-hybridized carbons (Fsp3) is 0.318. The summed E-state index contributed by atoms with van der Waals surface area (Å²) in [7, 11) is -2.81. The summed E-state index contributed by atoms with van der Waals surface area (Å²) < 4.78 is 32.0. The molecule has 152 valence electrons. The van der Waals surface area contributed by atoms with Gasteiger partial charge in [-0.05, 0) is 66.9 Å². The molecule has 2 aromatic carbocycles. The summed E-state index contributed by atoms with van der Waals surface area (Å²) in [6, 6.07) is 13.6. The molecule has 1 heterocycles. The van der Waals surface area contributed by atoms with Gasteiger partial charge in [0, 0.05) is 10.4 Å². The SMILES string of the molecule is COC(=O)[C@@H](C1=CC2(CCNCC2)c2ccccc21)S(=O)(=O)c1ccc(Cl)cc1. The number of ether oxygens (including phenoxy) is 1. The van der Waals surface area contributed by atoms with E-state index in [2.05, 4.69) is 5.32 Å². The lowest BCUT2D eigenvalue weighted by Gasteiger charge is -2.33. The van der Waals surface area contributed by atoms with E-state index in [0.717, 1.165) is 37.1 Å². The van der Waals surface area contributed by atoms with Crippen molar-refractivity contribution >= 4 is 33.0 Å². The van der Waals surface area contributed by atoms with Crippen LogP contribution in [0.3, 0.4) is 0 Å². The molecular formula is C22H22ClNO4S. The topological polar surface area (TPSA) is 72.5 Å². The summed E-state index contributed by atoms with van der Waals surface area (Å²) in [6.45, 7) is 1.68. The molecule has 1 spiro atoms. The van der Waals surface area contributed by atoms with Crippen LogP contribution in [0.2, 0.25) is 5.02 Å². The van der Waals surface area contributed by atoms with Gasteiger partial charge in [0.2, 0.25) is 0 Å². The second-order valence-electron chi connectivity index (χ2n) is 7.45. The molecule has 1 aliphatic heterocycles. The van der Waals surface area contributed by atoms with E-state index in [1.165, 1.54) is 31.4 Å². The molecule has 1 atom stereocenters. The van der Waals surface area contributed by atoms with Gasteiger partial charge in [-0.3, -0.25) is 4.79 Å². The Hall–Kier alpha value is -2.15. The zero-order valence-electron chi connectivity index (χ0n) is 16.0. The van der Waals surface area contributed by atoms with Crippen LogP contribution in [0.4, 0.5) is 0 Å². The number of benzene rings is 2. The first-order valence-corrected chi connectivity index (χ1v) is 11.4. The highest BCUT2D eigenvalue weighted by Crippen LogP contribution is 2.48. The van der Waals surface area contributed by atoms with Crippen LogP contribution >= 0.6 is 11.6 Å². The number of esters is 1. The fourth-order valence-corrected chi connectivity index (χ4v) is 6.21. The Morgan fingerprint density at radius 2 is 1.76 bits per heavy atom. The van der Waals surface area contributed by atoms with E-state index in [-0.39, 0.29) is 10.3 Å². The van der Waals surface area contributed by atoms with Crippen LogP contribution in [-0.2, 0) is 24.8 Å². The highest BCUT2D eigenvalue weighted by Gasteiger charge is 2.46. The highest BCUT2D eigenvalue weighted by atomic mass is 35.5. The number of fused-ring (bicyclic) bond motifs is 2. The summed E-state index contributed by atoms with van der Waals surface area (Å²) >= 11 is 5.92. The average Bonchev–Trinajstić information content (AvgIpc) is 3.02. The van der Waals surface area contributed by atoms with Crippen molar-refractivity contribution in [3.63, 3.8) is 0 Å². The molecule has 1 saturated heterocycles. The molecule has 29 heavy (non-hydrogen) atoms. The zero-order valence-corrected chi connectivity index (χ0v) is 17.6. The van der Waals surface area contributed by atoms with E-state index in [1.54, 1.807) is 0 Å². The van der Waals surface area contributed by atoms with Gasteiger partial charge in [-0.1, -0.05) is 41.9 Å². The van der Waals surface area contributed by atoms with Gasteiger partial charge in [-0.15, -0.1) is 0 Å². The van der Waals surface area contributed by atoms with Crippen LogP contribution in [0.1, 0.15) is 24.0 Å². The Bertz CT molecular complexity index is 1070. The number of allylic oxidation sites excluding steroid dienone is 1. The molecule has 1 fully saturated rings. The van der Waals surface area contributed by atoms with Gasteiger partial charge in [-0.25, -0.2) is 8.42 Å². The van der Waals surface area contributed by atoms with Crippen LogP contribution in [0.15, 0.2) is 59.5 Å². The van der Waals surface area contributed by atoms with Crippen molar-refractivity contribution in [2.75, 3.05) is 20.2 Å². The Labute approximate surface area is 175 Å². The molecule has 2 aromatic rings. The molecule has 0 unspecified atom stereocenters. The van der Waals surface area contributed by atoms with E-state index in [4.69, 9.17) is 16.3 Å². The van der Waals surface area contributed by atoms with Crippen LogP contribution in [-0.4, -0.2) is 39.8 Å². The lowest BCUT2D eigenvalue weighted by molar-refractivity contribution is -0.138. The molecule has 5 nitrogen and oxygen atoms in total. The first kappa shape index (κ1) is 20.1. The van der Waals surface area contributed by atoms with E-state index in [9.17, 15) is 13.2 Å². The summed E-state index contributed by atoms with van der Waals surface area (Å²) in [5.74, 6) is -0.785. The third kappa shape index (κ3) is 3.39. The van der Waals surface area contributed by atoms with Crippen LogP contribution < -0.4 is 5.32 Å². The predicted octanol–water partition coefficient (Wildman–Crippen LogP) is 3.37. The van der Waals surface area contributed by atoms with E-state index in [1.807, 2.05) is 30.3 Å². The summed E-state index contributed by atoms with van der Waals surface area (Å²) in [4.78, 5) is 12.8. The van der Waals surface area contributed by atoms with Crippen molar-refractivity contribution in [3.05, 3.63) is 70.8 Å². The van der Waals surface area contributed by atoms with Gasteiger partial charge < -0.3 is 10.1 Å². The maximum absolute atomic E-state index is 13.5. The van der Waals surface area contributed by atoms with Crippen molar-refractivity contribution in [1.29, 1.82) is 0 Å². The molecule has 0 amide bonds. The van der Waals surface area contributed by atoms with Gasteiger partial charge >= 0.3 is 5.97 Å². The number of hydrogen-bond donors (Lipinski definition) is 1. The van der Waals surface area contributed by atoms with E-state index >= 15 is 0 Å². The van der Waals surface area contributed by atoms with Crippen molar-refractivity contribution in [3.8, 4) is 0 Å². The maximum atomic E-state index is 13.5. The highest BCUT2D eigenvalue weighted by molar-refractivity contribution is 7.93. The molecule has 0 radical (unpaired) electrons. The predicted molar refractivity (Wildman–Crippen MR) is 113 cm³/mol. The normalized spacial score (nSPS) is 18.8. The van der Waals surface area contributed by atoms with Crippen LogP contribution in [0.25, 0.3) is 5.57 Å². The van der Waals surface area contributed by atoms with Gasteiger partial charge in [0.1, 0.15) is 0 Å². The summed E-state index contributed by atoms with van der Waals surface area (Å²) in [5, 5.41) is 2.36. The van der Waals surface area contributed by atoms with Gasteiger partial charge in [-0.2, -0.15) is 0 Å². The molecule has 4 rings (SSSR count). The number of rotatable bonds is 4. The number of piperidine rings is 1. The second-order valence-corrected chi connectivity index (χ2v) is 9.92. The van der Waals surface area contributed by atoms with Crippen molar-refractivity contribution in [2.45, 2.75) is 28.4 Å². The minimum atomic E-state index is -4.03. The second kappa shape index (κ2) is 7.59. The quantitative estimate of drug-likeness (QED) is 0.751. The fourth-order valence-electron chi connectivity index (χ4n) is 4.41. The number of hydrogen-bond acceptors (Lipinski definition) is 5. The minimum absolute atomic E-state index is 0.0435. The first-order valence-electron chi connectivity index (χ1n) is 9.50. The Morgan fingerprint density at radius 3 is 2.41 bits per heavy atom. The molecule has 1 aliphatic carbocycles. The Morgan fingerprint density at radius 1 is 1.10 bits per heavy atom. The van der Waals surface area contributed by atoms with Crippen molar-refractivity contribution in [1.82, 2.24) is 5.32 Å². The molecular weight excluding hydrogens is 410 g/mol. The van der Waals surface area contributed by atoms with Crippen molar-refractivity contribution < 1.29 is 17.9 Å². The Kier molecular flexibility index (Phi) is 5.27. The minimum Gasteiger partial charge on any atom is -0.468 e. The third-order valence-corrected chi connectivity index (χ3v) is 8.10. The van der Waals surface area contributed by atoms with Gasteiger partial charge in [0.05, 0.1) is 12.0 Å². The van der Waals surface area contributed by atoms with Crippen molar-refractivity contribution in [2.24, 2.45) is 0 Å². The number of sulfone groups is 1. The number of carbonyl (C=O) groups excluding carboxylic acids is 1. The largest absolute Gasteiger partial charge is 0.468 e. The van der Waals surface area contributed by atoms with E-state index < -0.39 is 21.1 Å². The monoisotopic (exact) mass is 431 g/mol. The van der Waals surface area contributed by atoms with E-state index in [0.29, 0.717) is 10.6 Å². The number of methoxy groups -OCH3 is 1. The molecule has 1 N–H and O–H groups in total. The Balaban J connectivity index is 1.89. The lowest BCUT2D eigenvalue weighted by Crippen LogP contribution is -2.37. The number of nitrogens with one attached hydrogen (secondary N) is 1. The number of carbonyl (C=O) groups is 1. The van der Waals surface area contributed by atoms with Gasteiger partial charge in [0.15, 0.2) is 15.1 Å². The third-order valence-electron chi connectivity index (χ3n) is 5.85. The number of halogens is 1. The average molecular weight is 432 g/mol. The van der Waals surface area contributed by atoms with Gasteiger partial charge in [0.25, 0.3) is 0 Å². The molecule has 0 aromatic heterocycles. The zero-order chi connectivity index (χ0) is 20.6. The molecule has 2 aliphatic rings. The lowest BCUT2D eigenvalue weighted by atomic mass is 9.75. The molecule has 0 bridgehead atoms.